The third kappa shape index (κ3) is 5.62. The van der Waals surface area contributed by atoms with Crippen molar-refractivity contribution in [2.75, 3.05) is 13.1 Å². The van der Waals surface area contributed by atoms with E-state index in [4.69, 9.17) is 15.9 Å². The number of carbonyl (C=O) groups excluding carboxylic acids is 1. The Hall–Kier alpha value is -1.63. The molecule has 7 nitrogen and oxygen atoms in total. The van der Waals surface area contributed by atoms with Gasteiger partial charge in [-0.3, -0.25) is 9.59 Å². The molecule has 0 saturated heterocycles. The molecule has 0 aromatic carbocycles. The lowest BCUT2D eigenvalue weighted by atomic mass is 10.1. The molecule has 1 unspecified atom stereocenters. The molecule has 0 aromatic heterocycles. The minimum absolute atomic E-state index is 0.0761. The smallest absolute Gasteiger partial charge is 0.326 e. The topological polar surface area (TPSA) is 121 Å². The van der Waals surface area contributed by atoms with Crippen LogP contribution in [0.5, 0.6) is 0 Å². The summed E-state index contributed by atoms with van der Waals surface area (Å²) in [6.07, 6.45) is -0.424. The second kappa shape index (κ2) is 7.65. The molecule has 0 spiro atoms. The highest BCUT2D eigenvalue weighted by atomic mass is 16.4. The van der Waals surface area contributed by atoms with Crippen molar-refractivity contribution in [2.24, 2.45) is 11.7 Å². The first-order chi connectivity index (χ1) is 8.29. The summed E-state index contributed by atoms with van der Waals surface area (Å²) < 4.78 is 0. The largest absolute Gasteiger partial charge is 0.481 e. The van der Waals surface area contributed by atoms with E-state index in [0.717, 1.165) is 4.90 Å². The lowest BCUT2D eigenvalue weighted by molar-refractivity contribution is -0.151. The van der Waals surface area contributed by atoms with E-state index in [1.165, 1.54) is 0 Å². The maximum atomic E-state index is 11.6. The first-order valence-electron chi connectivity index (χ1n) is 5.73. The molecule has 0 rings (SSSR count). The van der Waals surface area contributed by atoms with Gasteiger partial charge >= 0.3 is 11.9 Å². The number of nitrogens with two attached hydrogens (primary N) is 1. The Bertz CT molecular complexity index is 317. The number of nitrogens with zero attached hydrogens (tertiary/aromatic N) is 1. The van der Waals surface area contributed by atoms with Gasteiger partial charge in [-0.2, -0.15) is 0 Å². The van der Waals surface area contributed by atoms with Gasteiger partial charge in [-0.15, -0.1) is 0 Å². The quantitative estimate of drug-likeness (QED) is 0.553. The van der Waals surface area contributed by atoms with Gasteiger partial charge in [0, 0.05) is 13.0 Å². The average Bonchev–Trinajstić information content (AvgIpc) is 2.25. The van der Waals surface area contributed by atoms with Crippen LogP contribution in [0.3, 0.4) is 0 Å². The Morgan fingerprint density at radius 1 is 1.22 bits per heavy atom. The van der Waals surface area contributed by atoms with Crippen LogP contribution in [0.15, 0.2) is 0 Å². The predicted molar refractivity (Wildman–Crippen MR) is 63.9 cm³/mol. The van der Waals surface area contributed by atoms with Crippen LogP contribution in [0.1, 0.15) is 26.7 Å². The van der Waals surface area contributed by atoms with Gasteiger partial charge in [0.2, 0.25) is 5.91 Å². The van der Waals surface area contributed by atoms with Crippen LogP contribution in [0.2, 0.25) is 0 Å². The highest BCUT2D eigenvalue weighted by Gasteiger charge is 2.29. The first kappa shape index (κ1) is 16.4. The summed E-state index contributed by atoms with van der Waals surface area (Å²) in [6, 6.07) is -1.14. The molecule has 0 saturated carbocycles. The highest BCUT2D eigenvalue weighted by molar-refractivity contribution is 5.85. The Balaban J connectivity index is 4.90. The molecular formula is C11H20N2O5. The molecule has 104 valence electrons. The summed E-state index contributed by atoms with van der Waals surface area (Å²) >= 11 is 0. The molecule has 1 atom stereocenters. The number of amides is 1. The zero-order valence-electron chi connectivity index (χ0n) is 10.6. The van der Waals surface area contributed by atoms with Gasteiger partial charge in [-0.05, 0) is 12.3 Å². The van der Waals surface area contributed by atoms with Gasteiger partial charge in [-0.1, -0.05) is 13.8 Å². The Labute approximate surface area is 106 Å². The first-order valence-corrected chi connectivity index (χ1v) is 5.73. The maximum Gasteiger partial charge on any atom is 0.326 e. The molecule has 0 aliphatic heterocycles. The summed E-state index contributed by atoms with van der Waals surface area (Å²) in [7, 11) is 0. The van der Waals surface area contributed by atoms with E-state index in [0.29, 0.717) is 0 Å². The summed E-state index contributed by atoms with van der Waals surface area (Å²) in [5.41, 5.74) is 5.24. The number of carbonyl (C=O) groups is 3. The van der Waals surface area contributed by atoms with E-state index in [-0.39, 0.29) is 31.8 Å². The fourth-order valence-electron chi connectivity index (χ4n) is 1.59. The van der Waals surface area contributed by atoms with Crippen molar-refractivity contribution < 1.29 is 24.6 Å². The molecule has 0 radical (unpaired) electrons. The summed E-state index contributed by atoms with van der Waals surface area (Å²) in [6.45, 7) is 3.63. The molecule has 0 aliphatic rings. The minimum Gasteiger partial charge on any atom is -0.481 e. The van der Waals surface area contributed by atoms with Crippen LogP contribution in [0.25, 0.3) is 0 Å². The molecule has 0 fully saturated rings. The fraction of sp³-hybridized carbons (Fsp3) is 0.727. The van der Waals surface area contributed by atoms with E-state index in [1.807, 2.05) is 13.8 Å². The Kier molecular flexibility index (Phi) is 6.96. The number of aliphatic carboxylic acids is 2. The number of carboxylic acids is 2. The van der Waals surface area contributed by atoms with Crippen molar-refractivity contribution in [3.63, 3.8) is 0 Å². The average molecular weight is 260 g/mol. The molecule has 1 amide bonds. The van der Waals surface area contributed by atoms with Gasteiger partial charge in [0.15, 0.2) is 0 Å². The minimum atomic E-state index is -1.21. The summed E-state index contributed by atoms with van der Waals surface area (Å²) in [5.74, 6) is -2.71. The van der Waals surface area contributed by atoms with Crippen molar-refractivity contribution >= 4 is 17.8 Å². The summed E-state index contributed by atoms with van der Waals surface area (Å²) in [4.78, 5) is 34.4. The second-order valence-corrected chi connectivity index (χ2v) is 4.43. The molecular weight excluding hydrogens is 240 g/mol. The lowest BCUT2D eigenvalue weighted by Crippen LogP contribution is -2.49. The monoisotopic (exact) mass is 260 g/mol. The molecule has 0 aliphatic carbocycles. The van der Waals surface area contributed by atoms with Crippen LogP contribution in [0, 0.1) is 5.92 Å². The zero-order valence-corrected chi connectivity index (χ0v) is 10.6. The van der Waals surface area contributed by atoms with Crippen LogP contribution in [-0.2, 0) is 14.4 Å². The van der Waals surface area contributed by atoms with Crippen molar-refractivity contribution in [3.8, 4) is 0 Å². The van der Waals surface area contributed by atoms with Crippen molar-refractivity contribution in [2.45, 2.75) is 32.7 Å². The van der Waals surface area contributed by atoms with E-state index in [1.54, 1.807) is 0 Å². The molecule has 7 heteroatoms. The van der Waals surface area contributed by atoms with Crippen molar-refractivity contribution in [1.29, 1.82) is 0 Å². The number of rotatable bonds is 8. The highest BCUT2D eigenvalue weighted by Crippen LogP contribution is 2.11. The fourth-order valence-corrected chi connectivity index (χ4v) is 1.59. The van der Waals surface area contributed by atoms with Crippen molar-refractivity contribution in [1.82, 2.24) is 4.90 Å². The normalized spacial score (nSPS) is 12.2. The van der Waals surface area contributed by atoms with Crippen molar-refractivity contribution in [3.05, 3.63) is 0 Å². The van der Waals surface area contributed by atoms with Gasteiger partial charge in [-0.25, -0.2) is 4.79 Å². The maximum absolute atomic E-state index is 11.6. The third-order valence-electron chi connectivity index (χ3n) is 2.35. The van der Waals surface area contributed by atoms with E-state index in [2.05, 4.69) is 0 Å². The van der Waals surface area contributed by atoms with Gasteiger partial charge < -0.3 is 20.8 Å². The second-order valence-electron chi connectivity index (χ2n) is 4.43. The van der Waals surface area contributed by atoms with Crippen LogP contribution in [-0.4, -0.2) is 52.1 Å². The number of hydrogen-bond acceptors (Lipinski definition) is 4. The molecule has 0 bridgehead atoms. The van der Waals surface area contributed by atoms with Crippen LogP contribution < -0.4 is 5.73 Å². The zero-order chi connectivity index (χ0) is 14.3. The van der Waals surface area contributed by atoms with E-state index in [9.17, 15) is 14.4 Å². The summed E-state index contributed by atoms with van der Waals surface area (Å²) in [5, 5.41) is 17.7. The predicted octanol–water partition coefficient (Wildman–Crippen LogP) is -0.252. The van der Waals surface area contributed by atoms with E-state index >= 15 is 0 Å². The van der Waals surface area contributed by atoms with Gasteiger partial charge in [0.05, 0.1) is 6.54 Å². The number of hydrogen-bond donors (Lipinski definition) is 3. The molecule has 18 heavy (non-hydrogen) atoms. The van der Waals surface area contributed by atoms with Gasteiger partial charge in [0.25, 0.3) is 0 Å². The Morgan fingerprint density at radius 3 is 2.11 bits per heavy atom. The standard InChI is InChI=1S/C11H20N2O5/c1-7(2)6-13(9(14)5-12)8(11(17)18)3-4-10(15)16/h7-8H,3-6,12H2,1-2H3,(H,15,16)(H,17,18). The third-order valence-corrected chi connectivity index (χ3v) is 2.35. The molecule has 4 N–H and O–H groups in total. The Morgan fingerprint density at radius 2 is 1.78 bits per heavy atom. The van der Waals surface area contributed by atoms with Crippen LogP contribution in [0.4, 0.5) is 0 Å². The molecule has 0 heterocycles. The number of carboxylic acid groups (broad SMARTS) is 2. The molecule has 0 aromatic rings. The van der Waals surface area contributed by atoms with E-state index < -0.39 is 23.9 Å². The lowest BCUT2D eigenvalue weighted by Gasteiger charge is -2.30. The van der Waals surface area contributed by atoms with Gasteiger partial charge in [0.1, 0.15) is 6.04 Å². The SMILES string of the molecule is CC(C)CN(C(=O)CN)C(CCC(=O)O)C(=O)O. The van der Waals surface area contributed by atoms with Crippen LogP contribution >= 0.6 is 0 Å².